The molecule has 106 valence electrons. The topological polar surface area (TPSA) is 91.6 Å². The van der Waals surface area contributed by atoms with E-state index in [9.17, 15) is 9.59 Å². The van der Waals surface area contributed by atoms with E-state index in [1.807, 2.05) is 13.8 Å². The molecule has 1 heterocycles. The summed E-state index contributed by atoms with van der Waals surface area (Å²) in [5.41, 5.74) is 0.150. The average molecular weight is 268 g/mol. The minimum Gasteiger partial charge on any atom is -0.478 e. The first-order chi connectivity index (χ1) is 9.00. The Kier molecular flexibility index (Phi) is 6.08. The number of rotatable bonds is 8. The number of amides is 1. The van der Waals surface area contributed by atoms with Crippen LogP contribution in [0.15, 0.2) is 16.7 Å². The number of carboxylic acids is 1. The molecule has 0 aliphatic rings. The van der Waals surface area contributed by atoms with Crippen molar-refractivity contribution in [1.29, 1.82) is 0 Å². The van der Waals surface area contributed by atoms with Crippen molar-refractivity contribution in [1.82, 2.24) is 10.6 Å². The van der Waals surface area contributed by atoms with Crippen molar-refractivity contribution in [3.63, 3.8) is 0 Å². The van der Waals surface area contributed by atoms with Crippen molar-refractivity contribution in [2.24, 2.45) is 5.92 Å². The molecule has 0 aromatic carbocycles. The van der Waals surface area contributed by atoms with E-state index >= 15 is 0 Å². The van der Waals surface area contributed by atoms with Gasteiger partial charge >= 0.3 is 5.97 Å². The molecule has 0 fully saturated rings. The second-order valence-electron chi connectivity index (χ2n) is 4.69. The van der Waals surface area contributed by atoms with Crippen molar-refractivity contribution in [2.45, 2.75) is 26.8 Å². The minimum absolute atomic E-state index is 0.0147. The van der Waals surface area contributed by atoms with E-state index in [0.717, 1.165) is 0 Å². The molecule has 0 spiro atoms. The Morgan fingerprint density at radius 3 is 2.79 bits per heavy atom. The number of carbonyl (C=O) groups excluding carboxylic acids is 1. The van der Waals surface area contributed by atoms with E-state index in [4.69, 9.17) is 9.52 Å². The molecule has 3 N–H and O–H groups in total. The Morgan fingerprint density at radius 1 is 1.42 bits per heavy atom. The van der Waals surface area contributed by atoms with Gasteiger partial charge in [0.2, 0.25) is 5.91 Å². The van der Waals surface area contributed by atoms with Crippen LogP contribution < -0.4 is 10.6 Å². The highest BCUT2D eigenvalue weighted by Crippen LogP contribution is 2.09. The first-order valence-corrected chi connectivity index (χ1v) is 6.27. The smallest absolute Gasteiger partial charge is 0.339 e. The molecule has 0 bridgehead atoms. The number of carboxylic acid groups (broad SMARTS) is 1. The SMILES string of the molecule is CC(C)CNC(=O)CCNCc1occc1C(=O)O. The summed E-state index contributed by atoms with van der Waals surface area (Å²) in [7, 11) is 0. The second-order valence-corrected chi connectivity index (χ2v) is 4.69. The molecule has 0 unspecified atom stereocenters. The minimum atomic E-state index is -1.01. The molecule has 19 heavy (non-hydrogen) atoms. The molecule has 0 aliphatic heterocycles. The van der Waals surface area contributed by atoms with Crippen molar-refractivity contribution in [3.8, 4) is 0 Å². The van der Waals surface area contributed by atoms with Gasteiger partial charge < -0.3 is 20.2 Å². The van der Waals surface area contributed by atoms with Gasteiger partial charge in [-0.1, -0.05) is 13.8 Å². The number of nitrogens with one attached hydrogen (secondary N) is 2. The number of furan rings is 1. The highest BCUT2D eigenvalue weighted by molar-refractivity contribution is 5.88. The molecule has 1 rings (SSSR count). The van der Waals surface area contributed by atoms with Gasteiger partial charge in [-0.15, -0.1) is 0 Å². The van der Waals surface area contributed by atoms with Crippen LogP contribution in [0.2, 0.25) is 0 Å². The lowest BCUT2D eigenvalue weighted by atomic mass is 10.2. The van der Waals surface area contributed by atoms with Crippen molar-refractivity contribution in [2.75, 3.05) is 13.1 Å². The van der Waals surface area contributed by atoms with Gasteiger partial charge in [-0.2, -0.15) is 0 Å². The number of hydrogen-bond donors (Lipinski definition) is 3. The summed E-state index contributed by atoms with van der Waals surface area (Å²) in [6.07, 6.45) is 1.70. The summed E-state index contributed by atoms with van der Waals surface area (Å²) < 4.78 is 5.07. The fourth-order valence-corrected chi connectivity index (χ4v) is 1.48. The Labute approximate surface area is 112 Å². The number of aromatic carboxylic acids is 1. The molecule has 1 amide bonds. The monoisotopic (exact) mass is 268 g/mol. The average Bonchev–Trinajstić information content (AvgIpc) is 2.80. The van der Waals surface area contributed by atoms with Gasteiger partial charge in [0.15, 0.2) is 0 Å². The standard InChI is InChI=1S/C13H20N2O4/c1-9(2)7-15-12(16)3-5-14-8-11-10(13(17)18)4-6-19-11/h4,6,9,14H,3,5,7-8H2,1-2H3,(H,15,16)(H,17,18). The molecule has 1 aromatic heterocycles. The van der Waals surface area contributed by atoms with Crippen molar-refractivity contribution < 1.29 is 19.1 Å². The summed E-state index contributed by atoms with van der Waals surface area (Å²) in [6, 6.07) is 1.41. The van der Waals surface area contributed by atoms with Gasteiger partial charge in [0, 0.05) is 19.5 Å². The quantitative estimate of drug-likeness (QED) is 0.617. The maximum atomic E-state index is 11.4. The van der Waals surface area contributed by atoms with Gasteiger partial charge in [-0.25, -0.2) is 4.79 Å². The third-order valence-electron chi connectivity index (χ3n) is 2.50. The van der Waals surface area contributed by atoms with Gasteiger partial charge in [0.25, 0.3) is 0 Å². The van der Waals surface area contributed by atoms with Crippen molar-refractivity contribution in [3.05, 3.63) is 23.7 Å². The largest absolute Gasteiger partial charge is 0.478 e. The third kappa shape index (κ3) is 5.56. The Balaban J connectivity index is 2.22. The van der Waals surface area contributed by atoms with Gasteiger partial charge in [-0.3, -0.25) is 4.79 Å². The van der Waals surface area contributed by atoms with E-state index in [0.29, 0.717) is 37.7 Å². The zero-order valence-corrected chi connectivity index (χ0v) is 11.2. The Bertz CT molecular complexity index is 426. The molecule has 0 radical (unpaired) electrons. The molecular formula is C13H20N2O4. The number of hydrogen-bond acceptors (Lipinski definition) is 4. The van der Waals surface area contributed by atoms with Crippen LogP contribution >= 0.6 is 0 Å². The summed E-state index contributed by atoms with van der Waals surface area (Å²) in [4.78, 5) is 22.2. The summed E-state index contributed by atoms with van der Waals surface area (Å²) in [5.74, 6) is -0.229. The second kappa shape index (κ2) is 7.58. The van der Waals surface area contributed by atoms with E-state index in [1.165, 1.54) is 12.3 Å². The fourth-order valence-electron chi connectivity index (χ4n) is 1.48. The Morgan fingerprint density at radius 2 is 2.16 bits per heavy atom. The van der Waals surface area contributed by atoms with Crippen LogP contribution in [0.1, 0.15) is 36.4 Å². The van der Waals surface area contributed by atoms with Crippen LogP contribution in [0.5, 0.6) is 0 Å². The van der Waals surface area contributed by atoms with E-state index in [-0.39, 0.29) is 11.5 Å². The van der Waals surface area contributed by atoms with Gasteiger partial charge in [0.1, 0.15) is 11.3 Å². The fraction of sp³-hybridized carbons (Fsp3) is 0.538. The van der Waals surface area contributed by atoms with Crippen LogP contribution in [0.25, 0.3) is 0 Å². The van der Waals surface area contributed by atoms with Crippen LogP contribution in [-0.2, 0) is 11.3 Å². The molecule has 0 atom stereocenters. The van der Waals surface area contributed by atoms with Crippen LogP contribution in [0, 0.1) is 5.92 Å². The van der Waals surface area contributed by atoms with Crippen LogP contribution in [0.4, 0.5) is 0 Å². The number of carbonyl (C=O) groups is 2. The lowest BCUT2D eigenvalue weighted by Gasteiger charge is -2.08. The molecule has 1 aromatic rings. The summed E-state index contributed by atoms with van der Waals surface area (Å²) in [5, 5.41) is 14.7. The zero-order chi connectivity index (χ0) is 14.3. The summed E-state index contributed by atoms with van der Waals surface area (Å²) >= 11 is 0. The predicted octanol–water partition coefficient (Wildman–Crippen LogP) is 1.23. The van der Waals surface area contributed by atoms with E-state index < -0.39 is 5.97 Å². The van der Waals surface area contributed by atoms with Crippen LogP contribution in [-0.4, -0.2) is 30.1 Å². The molecule has 0 saturated carbocycles. The van der Waals surface area contributed by atoms with Crippen molar-refractivity contribution >= 4 is 11.9 Å². The lowest BCUT2D eigenvalue weighted by molar-refractivity contribution is -0.121. The first kappa shape index (κ1) is 15.2. The molecule has 6 nitrogen and oxygen atoms in total. The zero-order valence-electron chi connectivity index (χ0n) is 11.2. The molecular weight excluding hydrogens is 248 g/mol. The molecule has 0 aliphatic carbocycles. The lowest BCUT2D eigenvalue weighted by Crippen LogP contribution is -2.30. The predicted molar refractivity (Wildman–Crippen MR) is 69.8 cm³/mol. The molecule has 0 saturated heterocycles. The maximum absolute atomic E-state index is 11.4. The third-order valence-corrected chi connectivity index (χ3v) is 2.50. The highest BCUT2D eigenvalue weighted by atomic mass is 16.4. The maximum Gasteiger partial charge on any atom is 0.339 e. The molecule has 6 heteroatoms. The van der Waals surface area contributed by atoms with Gasteiger partial charge in [0.05, 0.1) is 12.8 Å². The van der Waals surface area contributed by atoms with Crippen LogP contribution in [0.3, 0.4) is 0 Å². The normalized spacial score (nSPS) is 10.7. The summed E-state index contributed by atoms with van der Waals surface area (Å²) in [6.45, 7) is 5.50. The first-order valence-electron chi connectivity index (χ1n) is 6.27. The van der Waals surface area contributed by atoms with E-state index in [1.54, 1.807) is 0 Å². The van der Waals surface area contributed by atoms with Gasteiger partial charge in [-0.05, 0) is 12.0 Å². The Hall–Kier alpha value is -1.82. The van der Waals surface area contributed by atoms with E-state index in [2.05, 4.69) is 10.6 Å². The highest BCUT2D eigenvalue weighted by Gasteiger charge is 2.12.